The summed E-state index contributed by atoms with van der Waals surface area (Å²) in [5.41, 5.74) is 4.19. The van der Waals surface area contributed by atoms with Crippen LogP contribution in [0.25, 0.3) is 28.0 Å². The van der Waals surface area contributed by atoms with Crippen LogP contribution in [0.4, 0.5) is 0 Å². The highest BCUT2D eigenvalue weighted by atomic mass is 16.2. The quantitative estimate of drug-likeness (QED) is 0.104. The molecular formula is C47H67N7O4. The normalized spacial score (nSPS) is 16.4. The van der Waals surface area contributed by atoms with Crippen LogP contribution in [0.3, 0.4) is 0 Å². The third-order valence-corrected chi connectivity index (χ3v) is 10.6. The van der Waals surface area contributed by atoms with E-state index in [0.29, 0.717) is 25.1 Å². The second-order valence-corrected chi connectivity index (χ2v) is 19.6. The fourth-order valence-electron chi connectivity index (χ4n) is 8.04. The molecule has 0 bridgehead atoms. The number of hydrogen-bond donors (Lipinski definition) is 5. The van der Waals surface area contributed by atoms with Crippen molar-refractivity contribution in [3.63, 3.8) is 0 Å². The monoisotopic (exact) mass is 794 g/mol. The standard InChI is InChI=1S/C47H67N7O4/c1-28(2)24-46(13,53-30(5)55)42(57)51-39(44(7,8)9)37-23-36(26-48-37)34-17-15-32(16-18-34)33-19-21-35(22-20-33)38-27-49-41(50-38)40(45(10,11)12)52-43(58)47(14,25-29(3)4)54-31(6)56/h15-22,26-29,39-40H,23-25H2,1-14H3,(H,49,50)(H,51,57)(H,52,58)(H,53,55)(H,54,56)/t39-,40-,46?,47?/m1/s1. The summed E-state index contributed by atoms with van der Waals surface area (Å²) in [5.74, 6) is 0.109. The van der Waals surface area contributed by atoms with E-state index in [1.54, 1.807) is 20.0 Å². The number of nitrogens with one attached hydrogen (secondary N) is 5. The Morgan fingerprint density at radius 1 is 0.638 bits per heavy atom. The van der Waals surface area contributed by atoms with Gasteiger partial charge < -0.3 is 26.3 Å². The number of carbonyl (C=O) groups is 4. The number of aromatic amines is 1. The summed E-state index contributed by atoms with van der Waals surface area (Å²) in [4.78, 5) is 64.5. The SMILES string of the molecule is CC(=O)NC(C)(CC(C)C)C(=O)N[C@H](C1=NC=C(c2ccc(-c3ccc(-c4cnc([C@@H](NC(=O)C(C)(CC(C)C)NC(C)=O)C(C)(C)C)[nH]4)cc3)cc2)C1)C(C)(C)C. The number of imidazole rings is 1. The van der Waals surface area contributed by atoms with E-state index in [4.69, 9.17) is 9.98 Å². The average molecular weight is 794 g/mol. The lowest BCUT2D eigenvalue weighted by molar-refractivity contribution is -0.134. The van der Waals surface area contributed by atoms with E-state index < -0.39 is 17.1 Å². The highest BCUT2D eigenvalue weighted by Crippen LogP contribution is 2.35. The van der Waals surface area contributed by atoms with E-state index >= 15 is 0 Å². The molecule has 2 unspecified atom stereocenters. The number of rotatable bonds is 15. The van der Waals surface area contributed by atoms with E-state index in [0.717, 1.165) is 39.2 Å². The van der Waals surface area contributed by atoms with Crippen LogP contribution in [0, 0.1) is 22.7 Å². The smallest absolute Gasteiger partial charge is 0.246 e. The van der Waals surface area contributed by atoms with Crippen molar-refractivity contribution in [1.82, 2.24) is 31.2 Å². The van der Waals surface area contributed by atoms with Gasteiger partial charge in [0, 0.05) is 32.2 Å². The number of nitrogens with zero attached hydrogens (tertiary/aromatic N) is 2. The van der Waals surface area contributed by atoms with Gasteiger partial charge in [-0.15, -0.1) is 0 Å². The summed E-state index contributed by atoms with van der Waals surface area (Å²) in [6.45, 7) is 27.0. The molecule has 58 heavy (non-hydrogen) atoms. The van der Waals surface area contributed by atoms with Gasteiger partial charge in [0.2, 0.25) is 23.6 Å². The topological polar surface area (TPSA) is 157 Å². The van der Waals surface area contributed by atoms with Gasteiger partial charge in [0.05, 0.1) is 24.0 Å². The number of carbonyl (C=O) groups excluding carboxylic acids is 4. The minimum Gasteiger partial charge on any atom is -0.345 e. The minimum absolute atomic E-state index is 0.198. The summed E-state index contributed by atoms with van der Waals surface area (Å²) in [7, 11) is 0. The number of allylic oxidation sites excluding steroid dienone is 1. The van der Waals surface area contributed by atoms with Crippen LogP contribution >= 0.6 is 0 Å². The molecule has 1 aromatic heterocycles. The molecule has 1 aliphatic heterocycles. The van der Waals surface area contributed by atoms with E-state index in [9.17, 15) is 19.2 Å². The Morgan fingerprint density at radius 2 is 1.05 bits per heavy atom. The molecule has 0 aliphatic carbocycles. The number of H-pyrrole nitrogens is 1. The van der Waals surface area contributed by atoms with Gasteiger partial charge in [-0.3, -0.25) is 24.2 Å². The molecule has 0 saturated carbocycles. The first-order valence-corrected chi connectivity index (χ1v) is 20.5. The first-order valence-electron chi connectivity index (χ1n) is 20.5. The summed E-state index contributed by atoms with van der Waals surface area (Å²) in [6, 6.07) is 16.0. The summed E-state index contributed by atoms with van der Waals surface area (Å²) in [6.07, 6.45) is 5.31. The van der Waals surface area contributed by atoms with Crippen molar-refractivity contribution in [2.45, 2.75) is 139 Å². The Hall–Kier alpha value is -5.06. The molecule has 11 heteroatoms. The van der Waals surface area contributed by atoms with Crippen LogP contribution in [0.2, 0.25) is 0 Å². The van der Waals surface area contributed by atoms with Crippen molar-refractivity contribution < 1.29 is 19.2 Å². The molecule has 0 saturated heterocycles. The lowest BCUT2D eigenvalue weighted by atomic mass is 9.80. The predicted octanol–water partition coefficient (Wildman–Crippen LogP) is 8.55. The maximum atomic E-state index is 13.7. The van der Waals surface area contributed by atoms with Gasteiger partial charge in [-0.25, -0.2) is 4.98 Å². The van der Waals surface area contributed by atoms with Crippen LogP contribution in [0.15, 0.2) is 65.9 Å². The Balaban J connectivity index is 1.46. The molecule has 2 heterocycles. The molecule has 4 amide bonds. The van der Waals surface area contributed by atoms with Crippen LogP contribution in [0.1, 0.15) is 134 Å². The number of aliphatic imine (C=N–C) groups is 1. The molecular weight excluding hydrogens is 727 g/mol. The fraction of sp³-hybridized carbons (Fsp3) is 0.532. The summed E-state index contributed by atoms with van der Waals surface area (Å²) >= 11 is 0. The molecule has 0 fully saturated rings. The Bertz CT molecular complexity index is 2010. The number of amides is 4. The Morgan fingerprint density at radius 3 is 1.47 bits per heavy atom. The molecule has 0 spiro atoms. The molecule has 314 valence electrons. The maximum Gasteiger partial charge on any atom is 0.246 e. The lowest BCUT2D eigenvalue weighted by Gasteiger charge is -2.37. The zero-order valence-electron chi connectivity index (χ0n) is 37.2. The highest BCUT2D eigenvalue weighted by Gasteiger charge is 2.41. The van der Waals surface area contributed by atoms with Gasteiger partial charge in [0.15, 0.2) is 0 Å². The van der Waals surface area contributed by atoms with E-state index in [1.165, 1.54) is 13.8 Å². The Labute approximate surface area is 346 Å². The van der Waals surface area contributed by atoms with Crippen molar-refractivity contribution >= 4 is 34.9 Å². The molecule has 5 N–H and O–H groups in total. The first kappa shape index (κ1) is 45.6. The molecule has 0 radical (unpaired) electrons. The van der Waals surface area contributed by atoms with Gasteiger partial charge in [-0.1, -0.05) is 118 Å². The number of aromatic nitrogens is 2. The van der Waals surface area contributed by atoms with Gasteiger partial charge in [0.25, 0.3) is 0 Å². The fourth-order valence-corrected chi connectivity index (χ4v) is 8.04. The average Bonchev–Trinajstić information content (AvgIpc) is 3.78. The third-order valence-electron chi connectivity index (χ3n) is 10.6. The second-order valence-electron chi connectivity index (χ2n) is 19.6. The molecule has 4 atom stereocenters. The maximum absolute atomic E-state index is 13.7. The van der Waals surface area contributed by atoms with Crippen molar-refractivity contribution in [3.05, 3.63) is 72.3 Å². The van der Waals surface area contributed by atoms with Gasteiger partial charge in [0.1, 0.15) is 16.9 Å². The lowest BCUT2D eigenvalue weighted by Crippen LogP contribution is -2.61. The van der Waals surface area contributed by atoms with Crippen molar-refractivity contribution in [2.24, 2.45) is 27.7 Å². The summed E-state index contributed by atoms with van der Waals surface area (Å²) in [5, 5.41) is 12.2. The predicted molar refractivity (Wildman–Crippen MR) is 235 cm³/mol. The van der Waals surface area contributed by atoms with Crippen molar-refractivity contribution in [3.8, 4) is 22.4 Å². The van der Waals surface area contributed by atoms with E-state index in [2.05, 4.69) is 116 Å². The van der Waals surface area contributed by atoms with Crippen molar-refractivity contribution in [1.29, 1.82) is 0 Å². The summed E-state index contributed by atoms with van der Waals surface area (Å²) < 4.78 is 0. The largest absolute Gasteiger partial charge is 0.345 e. The molecule has 1 aliphatic rings. The van der Waals surface area contributed by atoms with Crippen molar-refractivity contribution in [2.75, 3.05) is 0 Å². The Kier molecular flexibility index (Phi) is 14.0. The van der Waals surface area contributed by atoms with E-state index in [1.807, 2.05) is 33.9 Å². The number of hydrogen-bond acceptors (Lipinski definition) is 6. The van der Waals surface area contributed by atoms with Crippen LogP contribution < -0.4 is 21.3 Å². The molecule has 2 aromatic carbocycles. The zero-order chi connectivity index (χ0) is 43.4. The zero-order valence-corrected chi connectivity index (χ0v) is 37.2. The molecule has 11 nitrogen and oxygen atoms in total. The van der Waals surface area contributed by atoms with Gasteiger partial charge >= 0.3 is 0 Å². The van der Waals surface area contributed by atoms with Crippen LogP contribution in [-0.2, 0) is 19.2 Å². The first-order chi connectivity index (χ1) is 26.8. The second kappa shape index (κ2) is 17.8. The van der Waals surface area contributed by atoms with Gasteiger partial charge in [-0.2, -0.15) is 0 Å². The number of benzene rings is 2. The van der Waals surface area contributed by atoms with Crippen LogP contribution in [0.5, 0.6) is 0 Å². The highest BCUT2D eigenvalue weighted by molar-refractivity contribution is 6.04. The van der Waals surface area contributed by atoms with Gasteiger partial charge in [-0.05, 0) is 77.2 Å². The third kappa shape index (κ3) is 11.5. The molecule has 4 rings (SSSR count). The minimum atomic E-state index is -1.06. The van der Waals surface area contributed by atoms with Crippen LogP contribution in [-0.4, -0.2) is 56.4 Å². The van der Waals surface area contributed by atoms with E-state index in [-0.39, 0.29) is 52.3 Å². The molecule has 3 aromatic rings.